The van der Waals surface area contributed by atoms with E-state index < -0.39 is 0 Å². The van der Waals surface area contributed by atoms with Crippen molar-refractivity contribution in [3.05, 3.63) is 72.9 Å². The zero-order valence-electron chi connectivity index (χ0n) is 14.9. The van der Waals surface area contributed by atoms with Gasteiger partial charge in [-0.25, -0.2) is 19.6 Å². The molecular weight excluding hydrogens is 358 g/mol. The molecule has 0 aliphatic carbocycles. The number of methoxy groups -OCH3 is 1. The molecule has 0 saturated carbocycles. The van der Waals surface area contributed by atoms with E-state index in [1.54, 1.807) is 61.2 Å². The highest BCUT2D eigenvalue weighted by atomic mass is 16.5. The molecule has 9 heteroatoms. The third-order valence-corrected chi connectivity index (χ3v) is 3.82. The number of rotatable bonds is 5. The van der Waals surface area contributed by atoms with Gasteiger partial charge in [-0.2, -0.15) is 5.10 Å². The molecule has 9 nitrogen and oxygen atoms in total. The maximum absolute atomic E-state index is 12.7. The highest BCUT2D eigenvalue weighted by molar-refractivity contribution is 6.02. The molecule has 4 rings (SSSR count). The van der Waals surface area contributed by atoms with Gasteiger partial charge in [-0.15, -0.1) is 0 Å². The predicted molar refractivity (Wildman–Crippen MR) is 101 cm³/mol. The number of aromatic nitrogens is 6. The van der Waals surface area contributed by atoms with Crippen molar-refractivity contribution in [2.45, 2.75) is 0 Å². The number of hydrogen-bond acceptors (Lipinski definition) is 7. The first kappa shape index (κ1) is 17.3. The van der Waals surface area contributed by atoms with E-state index >= 15 is 0 Å². The van der Waals surface area contributed by atoms with Crippen molar-refractivity contribution < 1.29 is 9.53 Å². The third-order valence-electron chi connectivity index (χ3n) is 3.82. The van der Waals surface area contributed by atoms with Crippen molar-refractivity contribution in [3.8, 4) is 23.1 Å². The standard InChI is InChI=1S/C19H15N7O2/c1-28-17-6-2-5-14(23-17)18-21-10-8-16(24-18)25-19(27)15-7-11-22-26(15)13-4-3-9-20-12-13/h2-12H,1H3,(H,21,24,25,27). The normalized spacial score (nSPS) is 10.5. The molecule has 4 aromatic heterocycles. The Morgan fingerprint density at radius 1 is 1.04 bits per heavy atom. The summed E-state index contributed by atoms with van der Waals surface area (Å²) in [5.41, 5.74) is 1.57. The van der Waals surface area contributed by atoms with Crippen LogP contribution in [0, 0.1) is 0 Å². The van der Waals surface area contributed by atoms with E-state index in [1.807, 2.05) is 6.07 Å². The van der Waals surface area contributed by atoms with Crippen LogP contribution in [0.3, 0.4) is 0 Å². The molecule has 0 radical (unpaired) electrons. The molecule has 0 aliphatic rings. The second kappa shape index (κ2) is 7.62. The Kier molecular flexibility index (Phi) is 4.70. The lowest BCUT2D eigenvalue weighted by Crippen LogP contribution is -2.18. The van der Waals surface area contributed by atoms with E-state index in [2.05, 4.69) is 30.4 Å². The number of pyridine rings is 2. The molecular formula is C19H15N7O2. The maximum atomic E-state index is 12.7. The Hall–Kier alpha value is -4.14. The minimum absolute atomic E-state index is 0.346. The predicted octanol–water partition coefficient (Wildman–Crippen LogP) is 2.38. The minimum atomic E-state index is -0.357. The quantitative estimate of drug-likeness (QED) is 0.572. The zero-order valence-corrected chi connectivity index (χ0v) is 14.9. The van der Waals surface area contributed by atoms with Crippen molar-refractivity contribution >= 4 is 11.7 Å². The van der Waals surface area contributed by atoms with Crippen LogP contribution in [-0.2, 0) is 0 Å². The van der Waals surface area contributed by atoms with Gasteiger partial charge in [0.05, 0.1) is 25.2 Å². The maximum Gasteiger partial charge on any atom is 0.275 e. The van der Waals surface area contributed by atoms with Crippen molar-refractivity contribution in [1.29, 1.82) is 0 Å². The van der Waals surface area contributed by atoms with Crippen LogP contribution in [-0.4, -0.2) is 42.7 Å². The lowest BCUT2D eigenvalue weighted by Gasteiger charge is -2.08. The van der Waals surface area contributed by atoms with Crippen molar-refractivity contribution in [1.82, 2.24) is 29.7 Å². The molecule has 0 aromatic carbocycles. The average molecular weight is 373 g/mol. The number of anilines is 1. The monoisotopic (exact) mass is 373 g/mol. The van der Waals surface area contributed by atoms with Crippen LogP contribution in [0.25, 0.3) is 17.2 Å². The molecule has 1 N–H and O–H groups in total. The third kappa shape index (κ3) is 3.54. The van der Waals surface area contributed by atoms with Gasteiger partial charge in [0, 0.05) is 18.5 Å². The summed E-state index contributed by atoms with van der Waals surface area (Å²) in [5, 5.41) is 6.96. The lowest BCUT2D eigenvalue weighted by atomic mass is 10.3. The van der Waals surface area contributed by atoms with Crippen molar-refractivity contribution in [2.24, 2.45) is 0 Å². The molecule has 0 spiro atoms. The van der Waals surface area contributed by atoms with Crippen LogP contribution in [0.15, 0.2) is 67.3 Å². The van der Waals surface area contributed by atoms with Gasteiger partial charge >= 0.3 is 0 Å². The Labute approximate surface area is 160 Å². The average Bonchev–Trinajstić information content (AvgIpc) is 3.25. The van der Waals surface area contributed by atoms with E-state index in [4.69, 9.17) is 4.74 Å². The Balaban J connectivity index is 1.59. The summed E-state index contributed by atoms with van der Waals surface area (Å²) >= 11 is 0. The van der Waals surface area contributed by atoms with Gasteiger partial charge in [-0.3, -0.25) is 9.78 Å². The molecule has 0 saturated heterocycles. The molecule has 0 unspecified atom stereocenters. The summed E-state index contributed by atoms with van der Waals surface area (Å²) in [6.07, 6.45) is 6.38. The van der Waals surface area contributed by atoms with Gasteiger partial charge in [0.2, 0.25) is 5.88 Å². The van der Waals surface area contributed by atoms with Gasteiger partial charge < -0.3 is 10.1 Å². The molecule has 0 aliphatic heterocycles. The summed E-state index contributed by atoms with van der Waals surface area (Å²) in [6, 6.07) is 12.1. The van der Waals surface area contributed by atoms with Crippen LogP contribution in [0.1, 0.15) is 10.5 Å². The van der Waals surface area contributed by atoms with E-state index in [0.29, 0.717) is 34.6 Å². The van der Waals surface area contributed by atoms with E-state index in [1.165, 1.54) is 11.8 Å². The van der Waals surface area contributed by atoms with Gasteiger partial charge in [-0.1, -0.05) is 6.07 Å². The molecule has 4 aromatic rings. The first-order chi connectivity index (χ1) is 13.7. The number of amides is 1. The molecule has 28 heavy (non-hydrogen) atoms. The second-order valence-corrected chi connectivity index (χ2v) is 5.62. The highest BCUT2D eigenvalue weighted by Gasteiger charge is 2.15. The van der Waals surface area contributed by atoms with E-state index in [9.17, 15) is 4.79 Å². The first-order valence-electron chi connectivity index (χ1n) is 8.35. The SMILES string of the molecule is COc1cccc(-c2nccc(NC(=O)c3ccnn3-c3cccnc3)n2)n1. The lowest BCUT2D eigenvalue weighted by molar-refractivity contribution is 0.101. The Bertz CT molecular complexity index is 1110. The molecule has 4 heterocycles. The van der Waals surface area contributed by atoms with Crippen molar-refractivity contribution in [3.63, 3.8) is 0 Å². The highest BCUT2D eigenvalue weighted by Crippen LogP contribution is 2.18. The van der Waals surface area contributed by atoms with E-state index in [-0.39, 0.29) is 5.91 Å². The van der Waals surface area contributed by atoms with Gasteiger partial charge in [0.15, 0.2) is 5.82 Å². The van der Waals surface area contributed by atoms with Crippen LogP contribution >= 0.6 is 0 Å². The number of nitrogens with one attached hydrogen (secondary N) is 1. The summed E-state index contributed by atoms with van der Waals surface area (Å²) < 4.78 is 6.63. The molecule has 1 amide bonds. The largest absolute Gasteiger partial charge is 0.481 e. The minimum Gasteiger partial charge on any atom is -0.481 e. The van der Waals surface area contributed by atoms with Gasteiger partial charge in [0.25, 0.3) is 5.91 Å². The number of carbonyl (C=O) groups is 1. The summed E-state index contributed by atoms with van der Waals surface area (Å²) in [6.45, 7) is 0. The summed E-state index contributed by atoms with van der Waals surface area (Å²) in [7, 11) is 1.54. The topological polar surface area (TPSA) is 108 Å². The Morgan fingerprint density at radius 2 is 1.96 bits per heavy atom. The number of hydrogen-bond donors (Lipinski definition) is 1. The number of carbonyl (C=O) groups excluding carboxylic acids is 1. The smallest absolute Gasteiger partial charge is 0.275 e. The van der Waals surface area contributed by atoms with Gasteiger partial charge in [-0.05, 0) is 30.3 Å². The fraction of sp³-hybridized carbons (Fsp3) is 0.0526. The fourth-order valence-electron chi connectivity index (χ4n) is 2.55. The molecule has 0 atom stereocenters. The zero-order chi connectivity index (χ0) is 19.3. The van der Waals surface area contributed by atoms with Crippen molar-refractivity contribution in [2.75, 3.05) is 12.4 Å². The van der Waals surface area contributed by atoms with Gasteiger partial charge in [0.1, 0.15) is 17.2 Å². The molecule has 0 bridgehead atoms. The van der Waals surface area contributed by atoms with Crippen LogP contribution in [0.5, 0.6) is 5.88 Å². The molecule has 138 valence electrons. The van der Waals surface area contributed by atoms with Crippen LogP contribution in [0.2, 0.25) is 0 Å². The van der Waals surface area contributed by atoms with E-state index in [0.717, 1.165) is 0 Å². The van der Waals surface area contributed by atoms with Crippen LogP contribution in [0.4, 0.5) is 5.82 Å². The van der Waals surface area contributed by atoms with Crippen LogP contribution < -0.4 is 10.1 Å². The fourth-order valence-corrected chi connectivity index (χ4v) is 2.55. The molecule has 0 fully saturated rings. The summed E-state index contributed by atoms with van der Waals surface area (Å²) in [5.74, 6) is 0.816. The summed E-state index contributed by atoms with van der Waals surface area (Å²) in [4.78, 5) is 29.7. The number of nitrogens with zero attached hydrogens (tertiary/aromatic N) is 6. The Morgan fingerprint density at radius 3 is 2.79 bits per heavy atom. The first-order valence-corrected chi connectivity index (χ1v) is 8.35. The number of ether oxygens (including phenoxy) is 1. The second-order valence-electron chi connectivity index (χ2n) is 5.62.